The van der Waals surface area contributed by atoms with Crippen molar-refractivity contribution in [1.82, 2.24) is 19.3 Å². The molecular weight excluding hydrogens is 731 g/mol. The third-order valence-electron chi connectivity index (χ3n) is 9.91. The molecule has 0 radical (unpaired) electrons. The van der Waals surface area contributed by atoms with Crippen molar-refractivity contribution in [2.75, 3.05) is 0 Å². The second-order valence-corrected chi connectivity index (χ2v) is 14.7. The number of pyridine rings is 1. The van der Waals surface area contributed by atoms with Crippen LogP contribution in [-0.4, -0.2) is 19.3 Å². The summed E-state index contributed by atoms with van der Waals surface area (Å²) in [6.45, 7) is 17.8. The summed E-state index contributed by atoms with van der Waals surface area (Å²) in [5.74, 6) is 2.15. The van der Waals surface area contributed by atoms with Gasteiger partial charge in [-0.3, -0.25) is 4.68 Å². The number of hydrogen-bond donors (Lipinski definition) is 0. The average Bonchev–Trinajstić information content (AvgIpc) is 3.63. The molecule has 268 valence electrons. The Morgan fingerprint density at radius 3 is 2.21 bits per heavy atom. The number of aromatic nitrogens is 4. The Morgan fingerprint density at radius 1 is 0.750 bits per heavy atom. The summed E-state index contributed by atoms with van der Waals surface area (Å²) in [7, 11) is 0. The molecule has 5 nitrogen and oxygen atoms in total. The molecule has 7 rings (SSSR count). The number of benzene rings is 4. The first-order valence-corrected chi connectivity index (χ1v) is 18.4. The first-order chi connectivity index (χ1) is 24.6. The maximum atomic E-state index is 6.74. The van der Waals surface area contributed by atoms with Gasteiger partial charge in [-0.2, -0.15) is 11.2 Å². The van der Waals surface area contributed by atoms with Crippen molar-refractivity contribution < 1.29 is 25.2 Å². The van der Waals surface area contributed by atoms with Gasteiger partial charge in [-0.05, 0) is 90.1 Å². The van der Waals surface area contributed by atoms with Gasteiger partial charge >= 0.3 is 20.4 Å². The second-order valence-electron chi connectivity index (χ2n) is 14.7. The van der Waals surface area contributed by atoms with Crippen molar-refractivity contribution in [3.05, 3.63) is 131 Å². The van der Waals surface area contributed by atoms with Crippen LogP contribution in [0.1, 0.15) is 88.0 Å². The molecule has 7 aromatic rings. The minimum Gasteiger partial charge on any atom is -0.509 e. The van der Waals surface area contributed by atoms with Gasteiger partial charge < -0.3 is 9.30 Å². The molecule has 0 amide bonds. The van der Waals surface area contributed by atoms with E-state index in [0.29, 0.717) is 11.5 Å². The van der Waals surface area contributed by atoms with Crippen LogP contribution in [0.4, 0.5) is 0 Å². The van der Waals surface area contributed by atoms with Crippen molar-refractivity contribution in [1.29, 1.82) is 0 Å². The third kappa shape index (κ3) is 7.00. The summed E-state index contributed by atoms with van der Waals surface area (Å²) in [6.07, 6.45) is 6.68. The van der Waals surface area contributed by atoms with E-state index in [2.05, 4.69) is 150 Å². The van der Waals surface area contributed by atoms with Crippen LogP contribution < -0.4 is 4.74 Å². The molecule has 0 spiro atoms. The number of ether oxygens (including phenoxy) is 1. The van der Waals surface area contributed by atoms with Gasteiger partial charge in [0.1, 0.15) is 5.82 Å². The molecule has 0 saturated carbocycles. The number of rotatable bonds is 10. The molecule has 3 heterocycles. The molecule has 3 aromatic heterocycles. The summed E-state index contributed by atoms with van der Waals surface area (Å²) in [5.41, 5.74) is 12.7. The van der Waals surface area contributed by atoms with Crippen molar-refractivity contribution >= 4 is 21.8 Å². The molecule has 0 unspecified atom stereocenters. The minimum absolute atomic E-state index is 0. The Morgan fingerprint density at radius 2 is 1.50 bits per heavy atom. The molecule has 0 N–H and O–H groups in total. The summed E-state index contributed by atoms with van der Waals surface area (Å²) in [6, 6.07) is 35.1. The fourth-order valence-electron chi connectivity index (χ4n) is 7.30. The normalized spacial score (nSPS) is 11.7. The van der Waals surface area contributed by atoms with E-state index in [1.807, 2.05) is 12.3 Å². The van der Waals surface area contributed by atoms with Crippen LogP contribution in [0.25, 0.3) is 44.4 Å². The zero-order chi connectivity index (χ0) is 35.9. The SMILES string of the molecule is CCCc1nn(-c2[c-]c(Oc3[c-]c4c(cc3)c3ccccc3n4-c3cc(CC)ccn3)cc(C(C)(C)C)c2)c(CCC)c1-c1c(C)cccc1C.[Pd+2]. The van der Waals surface area contributed by atoms with Crippen LogP contribution in [0.2, 0.25) is 0 Å². The molecule has 0 saturated heterocycles. The second kappa shape index (κ2) is 15.2. The Hall–Kier alpha value is -4.50. The average molecular weight is 779 g/mol. The largest absolute Gasteiger partial charge is 2.00 e. The number of nitrogens with zero attached hydrogens (tertiary/aromatic N) is 4. The topological polar surface area (TPSA) is 44.9 Å². The summed E-state index contributed by atoms with van der Waals surface area (Å²) in [5, 5.41) is 7.62. The van der Waals surface area contributed by atoms with Gasteiger partial charge in [-0.15, -0.1) is 41.3 Å². The summed E-state index contributed by atoms with van der Waals surface area (Å²) in [4.78, 5) is 4.79. The fourth-order valence-corrected chi connectivity index (χ4v) is 7.30. The third-order valence-corrected chi connectivity index (χ3v) is 9.91. The smallest absolute Gasteiger partial charge is 0.509 e. The van der Waals surface area contributed by atoms with E-state index in [1.54, 1.807) is 0 Å². The molecule has 0 atom stereocenters. The fraction of sp³-hybridized carbons (Fsp3) is 0.304. The number of hydrogen-bond acceptors (Lipinski definition) is 3. The maximum Gasteiger partial charge on any atom is 2.00 e. The van der Waals surface area contributed by atoms with Crippen molar-refractivity contribution in [2.45, 2.75) is 92.9 Å². The van der Waals surface area contributed by atoms with E-state index >= 15 is 0 Å². The quantitative estimate of drug-likeness (QED) is 0.103. The van der Waals surface area contributed by atoms with E-state index in [-0.39, 0.29) is 25.8 Å². The maximum absolute atomic E-state index is 6.74. The van der Waals surface area contributed by atoms with E-state index in [1.165, 1.54) is 33.5 Å². The van der Waals surface area contributed by atoms with Crippen LogP contribution in [0.15, 0.2) is 85.1 Å². The van der Waals surface area contributed by atoms with E-state index in [4.69, 9.17) is 14.8 Å². The van der Waals surface area contributed by atoms with Crippen LogP contribution in [-0.2, 0) is 45.1 Å². The zero-order valence-corrected chi connectivity index (χ0v) is 33.2. The molecule has 0 aliphatic heterocycles. The van der Waals surface area contributed by atoms with Crippen LogP contribution in [0, 0.1) is 26.0 Å². The summed E-state index contributed by atoms with van der Waals surface area (Å²) >= 11 is 0. The number of aryl methyl sites for hydroxylation is 4. The van der Waals surface area contributed by atoms with Gasteiger partial charge in [0.15, 0.2) is 0 Å². The number of fused-ring (bicyclic) bond motifs is 3. The predicted octanol–water partition coefficient (Wildman–Crippen LogP) is 11.8. The van der Waals surface area contributed by atoms with Gasteiger partial charge in [0.25, 0.3) is 0 Å². The molecule has 0 aliphatic carbocycles. The Labute approximate surface area is 322 Å². The van der Waals surface area contributed by atoms with Gasteiger partial charge in [0, 0.05) is 34.5 Å². The van der Waals surface area contributed by atoms with E-state index in [9.17, 15) is 0 Å². The molecule has 52 heavy (non-hydrogen) atoms. The number of para-hydroxylation sites is 1. The molecular formula is C46H48N4OPd. The van der Waals surface area contributed by atoms with Crippen molar-refractivity contribution in [3.63, 3.8) is 0 Å². The first-order valence-electron chi connectivity index (χ1n) is 18.4. The Balaban J connectivity index is 0.00000464. The Kier molecular flexibility index (Phi) is 10.9. The van der Waals surface area contributed by atoms with Crippen molar-refractivity contribution in [3.8, 4) is 34.1 Å². The van der Waals surface area contributed by atoms with Gasteiger partial charge in [-0.25, -0.2) is 4.98 Å². The van der Waals surface area contributed by atoms with E-state index < -0.39 is 0 Å². The standard InChI is InChI=1S/C46H48N4O.Pd/c1-9-15-39-45(44-30(4)17-14-18-31(44)5)41(16-10-2)50(48-39)34-26-33(46(6,7)8)27-36(28-34)51-35-21-22-38-37-19-12-13-20-40(37)49(42(38)29-35)43-25-32(11-3)23-24-47-43;/h12-14,17-27H,9-11,15-16H2,1-8H3;/q-2;+2. The van der Waals surface area contributed by atoms with E-state index in [0.717, 1.165) is 76.7 Å². The van der Waals surface area contributed by atoms with Crippen LogP contribution in [0.5, 0.6) is 11.5 Å². The monoisotopic (exact) mass is 778 g/mol. The molecule has 6 heteroatoms. The first kappa shape index (κ1) is 37.3. The van der Waals surface area contributed by atoms with Crippen LogP contribution in [0.3, 0.4) is 0 Å². The molecule has 0 fully saturated rings. The van der Waals surface area contributed by atoms with Gasteiger partial charge in [0.2, 0.25) is 0 Å². The van der Waals surface area contributed by atoms with Gasteiger partial charge in [0.05, 0.1) is 5.69 Å². The minimum atomic E-state index is -0.127. The molecule has 0 aliphatic rings. The molecule has 0 bridgehead atoms. The van der Waals surface area contributed by atoms with Gasteiger partial charge in [-0.1, -0.05) is 96.3 Å². The molecule has 4 aromatic carbocycles. The van der Waals surface area contributed by atoms with Crippen molar-refractivity contribution in [2.24, 2.45) is 0 Å². The Bertz CT molecular complexity index is 2350. The van der Waals surface area contributed by atoms with Crippen LogP contribution >= 0.6 is 0 Å². The zero-order valence-electron chi connectivity index (χ0n) is 31.6. The summed E-state index contributed by atoms with van der Waals surface area (Å²) < 4.78 is 11.1. The predicted molar refractivity (Wildman–Crippen MR) is 211 cm³/mol.